The number of ether oxygens (including phenoxy) is 1. The van der Waals surface area contributed by atoms with Crippen LogP contribution in [0.4, 0.5) is 10.1 Å². The number of aliphatic hydroxyl groups is 1. The van der Waals surface area contributed by atoms with Crippen molar-refractivity contribution < 1.29 is 18.7 Å². The minimum atomic E-state index is -2.96. The number of rotatable bonds is 8. The standard InChI is InChI=1S/C32H38ClFN4O3Si/c1-21-18-38(19-22(2)41-21)29-25(37-28(27(34)26(29)33)30(39)31-35-16-17-36-31)20-40-42(32(3,4)5,23-12-8-6-9-13-23)24-14-10-7-11-15-24/h6-17,21-22,30,39H,18-20H2,1-5H3,(H,35,36)/t21-,22+,30?. The molecule has 4 aromatic rings. The van der Waals surface area contributed by atoms with Crippen LogP contribution in [0.5, 0.6) is 0 Å². The molecule has 0 radical (unpaired) electrons. The van der Waals surface area contributed by atoms with Crippen LogP contribution in [0.25, 0.3) is 0 Å². The van der Waals surface area contributed by atoms with E-state index in [1.807, 2.05) is 55.1 Å². The van der Waals surface area contributed by atoms with E-state index in [4.69, 9.17) is 25.7 Å². The van der Waals surface area contributed by atoms with Crippen LogP contribution in [0.2, 0.25) is 10.1 Å². The molecular formula is C32H38ClFN4O3Si. The van der Waals surface area contributed by atoms with Crippen LogP contribution in [-0.4, -0.2) is 53.7 Å². The first kappa shape index (κ1) is 30.4. The van der Waals surface area contributed by atoms with Gasteiger partial charge in [-0.3, -0.25) is 0 Å². The van der Waals surface area contributed by atoms with Gasteiger partial charge in [0.05, 0.1) is 30.2 Å². The molecule has 3 heterocycles. The van der Waals surface area contributed by atoms with Crippen LogP contribution >= 0.6 is 11.6 Å². The van der Waals surface area contributed by atoms with Crippen molar-refractivity contribution in [2.45, 2.75) is 64.6 Å². The van der Waals surface area contributed by atoms with Crippen LogP contribution in [0.15, 0.2) is 73.1 Å². The van der Waals surface area contributed by atoms with Gasteiger partial charge in [-0.1, -0.05) is 93.0 Å². The summed E-state index contributed by atoms with van der Waals surface area (Å²) >= 11 is 6.83. The van der Waals surface area contributed by atoms with Crippen molar-refractivity contribution in [3.8, 4) is 0 Å². The molecular weight excluding hydrogens is 571 g/mol. The van der Waals surface area contributed by atoms with Gasteiger partial charge in [0.1, 0.15) is 16.5 Å². The van der Waals surface area contributed by atoms with Gasteiger partial charge in [0, 0.05) is 25.5 Å². The molecule has 0 saturated carbocycles. The van der Waals surface area contributed by atoms with E-state index in [0.29, 0.717) is 24.5 Å². The Bertz CT molecular complexity index is 1440. The minimum Gasteiger partial charge on any atom is -0.401 e. The maximum atomic E-state index is 15.9. The van der Waals surface area contributed by atoms with Crippen LogP contribution < -0.4 is 15.3 Å². The molecule has 0 spiro atoms. The zero-order valence-electron chi connectivity index (χ0n) is 24.6. The second-order valence-electron chi connectivity index (χ2n) is 11.9. The number of hydrogen-bond donors (Lipinski definition) is 2. The number of aromatic nitrogens is 3. The SMILES string of the molecule is C[C@@H]1CN(c2c(CO[Si](c3ccccc3)(c3ccccc3)C(C)(C)C)nc(C(O)c3ncc[nH]3)c(F)c2Cl)C[C@H](C)O1. The van der Waals surface area contributed by atoms with Crippen molar-refractivity contribution in [3.05, 3.63) is 101 Å². The lowest BCUT2D eigenvalue weighted by atomic mass is 10.1. The van der Waals surface area contributed by atoms with Gasteiger partial charge in [-0.15, -0.1) is 0 Å². The van der Waals surface area contributed by atoms with E-state index in [0.717, 1.165) is 10.4 Å². The Morgan fingerprint density at radius 3 is 2.14 bits per heavy atom. The van der Waals surface area contributed by atoms with E-state index < -0.39 is 20.2 Å². The number of imidazole rings is 1. The summed E-state index contributed by atoms with van der Waals surface area (Å²) in [6, 6.07) is 20.6. The van der Waals surface area contributed by atoms with E-state index in [2.05, 4.69) is 55.0 Å². The highest BCUT2D eigenvalue weighted by Crippen LogP contribution is 2.40. The summed E-state index contributed by atoms with van der Waals surface area (Å²) < 4.78 is 29.1. The summed E-state index contributed by atoms with van der Waals surface area (Å²) in [6.07, 6.45) is 1.45. The molecule has 1 saturated heterocycles. The molecule has 1 fully saturated rings. The van der Waals surface area contributed by atoms with Crippen molar-refractivity contribution in [1.29, 1.82) is 0 Å². The number of nitrogens with one attached hydrogen (secondary N) is 1. The normalized spacial score (nSPS) is 18.7. The predicted molar refractivity (Wildman–Crippen MR) is 166 cm³/mol. The zero-order valence-corrected chi connectivity index (χ0v) is 26.4. The number of aromatic amines is 1. The molecule has 1 aliphatic rings. The molecule has 2 aromatic carbocycles. The quantitative estimate of drug-likeness (QED) is 0.262. The van der Waals surface area contributed by atoms with E-state index in [9.17, 15) is 5.11 Å². The summed E-state index contributed by atoms with van der Waals surface area (Å²) in [5.41, 5.74) is 0.717. The number of anilines is 1. The Balaban J connectivity index is 1.67. The lowest BCUT2D eigenvalue weighted by Gasteiger charge is -2.43. The third kappa shape index (κ3) is 5.76. The fourth-order valence-electron chi connectivity index (χ4n) is 6.05. The second-order valence-corrected chi connectivity index (χ2v) is 16.6. The third-order valence-electron chi connectivity index (χ3n) is 7.77. The van der Waals surface area contributed by atoms with Gasteiger partial charge < -0.3 is 24.2 Å². The molecule has 42 heavy (non-hydrogen) atoms. The Labute approximate surface area is 252 Å². The molecule has 0 aliphatic carbocycles. The molecule has 0 amide bonds. The van der Waals surface area contributed by atoms with Gasteiger partial charge in [0.15, 0.2) is 11.9 Å². The van der Waals surface area contributed by atoms with Crippen molar-refractivity contribution in [1.82, 2.24) is 15.0 Å². The summed E-state index contributed by atoms with van der Waals surface area (Å²) in [4.78, 5) is 13.7. The lowest BCUT2D eigenvalue weighted by Crippen LogP contribution is -2.66. The van der Waals surface area contributed by atoms with Crippen molar-refractivity contribution in [3.63, 3.8) is 0 Å². The Morgan fingerprint density at radius 1 is 1.07 bits per heavy atom. The molecule has 5 rings (SSSR count). The highest BCUT2D eigenvalue weighted by molar-refractivity contribution is 6.99. The third-order valence-corrected chi connectivity index (χ3v) is 13.1. The predicted octanol–water partition coefficient (Wildman–Crippen LogP) is 5.37. The van der Waals surface area contributed by atoms with Gasteiger partial charge in [-0.2, -0.15) is 0 Å². The number of benzene rings is 2. The minimum absolute atomic E-state index is 0.0562. The highest BCUT2D eigenvalue weighted by atomic mass is 35.5. The van der Waals surface area contributed by atoms with Crippen LogP contribution in [0.1, 0.15) is 57.9 Å². The molecule has 222 valence electrons. The van der Waals surface area contributed by atoms with E-state index in [1.165, 1.54) is 6.20 Å². The maximum absolute atomic E-state index is 15.9. The molecule has 10 heteroatoms. The van der Waals surface area contributed by atoms with Gasteiger partial charge in [0.25, 0.3) is 8.32 Å². The first-order valence-corrected chi connectivity index (χ1v) is 16.5. The van der Waals surface area contributed by atoms with Crippen LogP contribution in [0, 0.1) is 5.82 Å². The molecule has 1 aliphatic heterocycles. The molecule has 1 unspecified atom stereocenters. The number of morpholine rings is 1. The number of hydrogen-bond acceptors (Lipinski definition) is 6. The number of pyridine rings is 1. The van der Waals surface area contributed by atoms with Gasteiger partial charge in [-0.05, 0) is 29.3 Å². The fourth-order valence-corrected chi connectivity index (χ4v) is 10.9. The number of halogens is 2. The number of H-pyrrole nitrogens is 1. The average Bonchev–Trinajstić information content (AvgIpc) is 3.50. The molecule has 0 bridgehead atoms. The smallest absolute Gasteiger partial charge is 0.261 e. The Kier molecular flexibility index (Phi) is 8.87. The zero-order chi connectivity index (χ0) is 30.1. The second kappa shape index (κ2) is 12.3. The summed E-state index contributed by atoms with van der Waals surface area (Å²) in [5, 5.41) is 12.9. The molecule has 2 N–H and O–H groups in total. The first-order chi connectivity index (χ1) is 20.0. The van der Waals surface area contributed by atoms with Gasteiger partial charge in [-0.25, -0.2) is 14.4 Å². The van der Waals surface area contributed by atoms with Crippen LogP contribution in [0.3, 0.4) is 0 Å². The van der Waals surface area contributed by atoms with Crippen molar-refractivity contribution in [2.75, 3.05) is 18.0 Å². The van der Waals surface area contributed by atoms with Crippen molar-refractivity contribution in [2.24, 2.45) is 0 Å². The summed E-state index contributed by atoms with van der Waals surface area (Å²) in [7, 11) is -2.96. The van der Waals surface area contributed by atoms with Gasteiger partial charge in [0.2, 0.25) is 0 Å². The van der Waals surface area contributed by atoms with E-state index in [1.54, 1.807) is 6.20 Å². The topological polar surface area (TPSA) is 83.5 Å². The lowest BCUT2D eigenvalue weighted by molar-refractivity contribution is -0.00536. The highest BCUT2D eigenvalue weighted by Gasteiger charge is 2.50. The Hall–Kier alpha value is -3.08. The van der Waals surface area contributed by atoms with Gasteiger partial charge >= 0.3 is 0 Å². The molecule has 2 aromatic heterocycles. The monoisotopic (exact) mass is 608 g/mol. The average molecular weight is 609 g/mol. The molecule has 3 atom stereocenters. The Morgan fingerprint density at radius 2 is 1.64 bits per heavy atom. The number of nitrogens with zero attached hydrogens (tertiary/aromatic N) is 3. The summed E-state index contributed by atoms with van der Waals surface area (Å²) in [6.45, 7) is 11.6. The summed E-state index contributed by atoms with van der Waals surface area (Å²) in [5.74, 6) is -0.603. The number of aliphatic hydroxyl groups excluding tert-OH is 1. The maximum Gasteiger partial charge on any atom is 0.261 e. The fraction of sp³-hybridized carbons (Fsp3) is 0.375. The van der Waals surface area contributed by atoms with E-state index in [-0.39, 0.29) is 40.4 Å². The van der Waals surface area contributed by atoms with E-state index >= 15 is 4.39 Å². The van der Waals surface area contributed by atoms with Crippen molar-refractivity contribution >= 4 is 36.0 Å². The van der Waals surface area contributed by atoms with Crippen LogP contribution in [-0.2, 0) is 15.8 Å². The first-order valence-electron chi connectivity index (χ1n) is 14.2. The molecule has 7 nitrogen and oxygen atoms in total. The largest absolute Gasteiger partial charge is 0.401 e.